The van der Waals surface area contributed by atoms with Crippen LogP contribution in [0.1, 0.15) is 17.2 Å². The second-order valence-corrected chi connectivity index (χ2v) is 7.01. The topological polar surface area (TPSA) is 96.3 Å². The summed E-state index contributed by atoms with van der Waals surface area (Å²) in [6.45, 7) is 0.199. The molecule has 1 heterocycles. The van der Waals surface area contributed by atoms with Gasteiger partial charge in [-0.3, -0.25) is 9.59 Å². The molecule has 1 aliphatic heterocycles. The Labute approximate surface area is 179 Å². The zero-order valence-electron chi connectivity index (χ0n) is 16.4. The number of aliphatic hydroxyl groups excluding tert-OH is 2. The molecule has 1 atom stereocenters. The zero-order valence-corrected chi connectivity index (χ0v) is 17.1. The number of rotatable bonds is 8. The minimum Gasteiger partial charge on any atom is -0.507 e. The van der Waals surface area contributed by atoms with E-state index in [4.69, 9.17) is 26.2 Å². The predicted octanol–water partition coefficient (Wildman–Crippen LogP) is 2.78. The van der Waals surface area contributed by atoms with Crippen molar-refractivity contribution in [2.45, 2.75) is 6.04 Å². The van der Waals surface area contributed by atoms with Gasteiger partial charge in [0.25, 0.3) is 11.7 Å². The number of halogens is 1. The van der Waals surface area contributed by atoms with Crippen molar-refractivity contribution in [3.8, 4) is 5.75 Å². The lowest BCUT2D eigenvalue weighted by atomic mass is 9.94. The molecule has 3 rings (SSSR count). The third-order valence-electron chi connectivity index (χ3n) is 4.80. The maximum absolute atomic E-state index is 12.9. The van der Waals surface area contributed by atoms with Gasteiger partial charge in [0.15, 0.2) is 0 Å². The molecule has 2 aromatic rings. The molecule has 8 heteroatoms. The van der Waals surface area contributed by atoms with Crippen molar-refractivity contribution in [3.63, 3.8) is 0 Å². The first-order valence-electron chi connectivity index (χ1n) is 9.35. The van der Waals surface area contributed by atoms with Crippen molar-refractivity contribution in [3.05, 3.63) is 70.3 Å². The molecule has 0 aliphatic carbocycles. The number of ketones is 1. The van der Waals surface area contributed by atoms with Crippen molar-refractivity contribution in [2.24, 2.45) is 0 Å². The number of nitrogens with zero attached hydrogens (tertiary/aromatic N) is 1. The third-order valence-corrected chi connectivity index (χ3v) is 5.06. The summed E-state index contributed by atoms with van der Waals surface area (Å²) in [5.41, 5.74) is 0.902. The molecule has 0 aromatic heterocycles. The number of amides is 1. The van der Waals surface area contributed by atoms with Crippen LogP contribution in [0.4, 0.5) is 0 Å². The predicted molar refractivity (Wildman–Crippen MR) is 111 cm³/mol. The van der Waals surface area contributed by atoms with E-state index in [0.29, 0.717) is 21.9 Å². The molecule has 0 bridgehead atoms. The molecule has 1 fully saturated rings. The summed E-state index contributed by atoms with van der Waals surface area (Å²) in [6.07, 6.45) is 0. The lowest BCUT2D eigenvalue weighted by Gasteiger charge is -2.26. The minimum atomic E-state index is -0.852. The number of methoxy groups -OCH3 is 1. The van der Waals surface area contributed by atoms with E-state index >= 15 is 0 Å². The van der Waals surface area contributed by atoms with Crippen molar-refractivity contribution < 1.29 is 29.3 Å². The number of benzene rings is 2. The van der Waals surface area contributed by atoms with E-state index in [1.54, 1.807) is 48.5 Å². The van der Waals surface area contributed by atoms with E-state index in [9.17, 15) is 14.7 Å². The quantitative estimate of drug-likeness (QED) is 0.289. The maximum atomic E-state index is 12.9. The largest absolute Gasteiger partial charge is 0.507 e. The van der Waals surface area contributed by atoms with Gasteiger partial charge < -0.3 is 24.6 Å². The lowest BCUT2D eigenvalue weighted by molar-refractivity contribution is -0.140. The maximum Gasteiger partial charge on any atom is 0.295 e. The Bertz CT molecular complexity index is 956. The number of aliphatic hydroxyl groups is 2. The van der Waals surface area contributed by atoms with E-state index in [1.807, 2.05) is 0 Å². The molecule has 1 aliphatic rings. The molecule has 0 radical (unpaired) electrons. The average molecular weight is 432 g/mol. The SMILES string of the molecule is COc1ccccc1[C@@H]1C(=C(O)c2ccc(Cl)cc2)C(=O)C(=O)N1CCOCCO. The number of likely N-dealkylation sites (tertiary alicyclic amines) is 1. The Morgan fingerprint density at radius 3 is 2.47 bits per heavy atom. The summed E-state index contributed by atoms with van der Waals surface area (Å²) in [4.78, 5) is 27.1. The van der Waals surface area contributed by atoms with Crippen LogP contribution in [-0.2, 0) is 14.3 Å². The first-order valence-corrected chi connectivity index (χ1v) is 9.73. The number of carbonyl (C=O) groups excluding carboxylic acids is 2. The molecule has 1 saturated heterocycles. The van der Waals surface area contributed by atoms with Crippen molar-refractivity contribution in [1.29, 1.82) is 0 Å². The van der Waals surface area contributed by atoms with Crippen molar-refractivity contribution in [2.75, 3.05) is 33.5 Å². The molecule has 0 spiro atoms. The van der Waals surface area contributed by atoms with Crippen molar-refractivity contribution in [1.82, 2.24) is 4.90 Å². The second kappa shape index (κ2) is 9.75. The van der Waals surface area contributed by atoms with Gasteiger partial charge in [-0.1, -0.05) is 29.8 Å². The summed E-state index contributed by atoms with van der Waals surface area (Å²) < 4.78 is 10.7. The molecular weight excluding hydrogens is 410 g/mol. The standard InChI is InChI=1S/C22H22ClNO6/c1-29-17-5-3-2-4-16(17)19-18(20(26)14-6-8-15(23)9-7-14)21(27)22(28)24(19)10-12-30-13-11-25/h2-9,19,25-26H,10-13H2,1H3/t19-/m1/s1. The minimum absolute atomic E-state index is 0.0334. The molecule has 30 heavy (non-hydrogen) atoms. The second-order valence-electron chi connectivity index (χ2n) is 6.58. The van der Waals surface area contributed by atoms with Gasteiger partial charge in [0.1, 0.15) is 11.5 Å². The van der Waals surface area contributed by atoms with E-state index in [0.717, 1.165) is 0 Å². The van der Waals surface area contributed by atoms with Crippen LogP contribution in [0.3, 0.4) is 0 Å². The molecule has 0 saturated carbocycles. The fraction of sp³-hybridized carbons (Fsp3) is 0.273. The highest BCUT2D eigenvalue weighted by molar-refractivity contribution is 6.46. The number of ether oxygens (including phenoxy) is 2. The van der Waals surface area contributed by atoms with Crippen LogP contribution >= 0.6 is 11.6 Å². The highest BCUT2D eigenvalue weighted by atomic mass is 35.5. The molecule has 2 aromatic carbocycles. The van der Waals surface area contributed by atoms with E-state index in [2.05, 4.69) is 0 Å². The van der Waals surface area contributed by atoms with Gasteiger partial charge in [0.2, 0.25) is 0 Å². The first-order chi connectivity index (χ1) is 14.5. The van der Waals surface area contributed by atoms with Crippen LogP contribution in [0.2, 0.25) is 5.02 Å². The molecule has 7 nitrogen and oxygen atoms in total. The summed E-state index contributed by atoms with van der Waals surface area (Å²) >= 11 is 5.92. The summed E-state index contributed by atoms with van der Waals surface area (Å²) in [5.74, 6) is -1.35. The number of para-hydroxylation sites is 1. The Balaban J connectivity index is 2.11. The van der Waals surface area contributed by atoms with Gasteiger partial charge in [-0.15, -0.1) is 0 Å². The van der Waals surface area contributed by atoms with Gasteiger partial charge in [-0.05, 0) is 30.3 Å². The Morgan fingerprint density at radius 1 is 1.10 bits per heavy atom. The molecule has 1 amide bonds. The normalized spacial score (nSPS) is 18.1. The van der Waals surface area contributed by atoms with Crippen LogP contribution in [0.5, 0.6) is 5.75 Å². The fourth-order valence-corrected chi connectivity index (χ4v) is 3.55. The summed E-state index contributed by atoms with van der Waals surface area (Å²) in [6, 6.07) is 12.5. The van der Waals surface area contributed by atoms with Crippen LogP contribution in [0, 0.1) is 0 Å². The zero-order chi connectivity index (χ0) is 21.7. The molecule has 2 N–H and O–H groups in total. The number of hydrogen-bond acceptors (Lipinski definition) is 6. The van der Waals surface area contributed by atoms with Gasteiger partial charge in [0, 0.05) is 22.7 Å². The highest BCUT2D eigenvalue weighted by Crippen LogP contribution is 2.42. The monoisotopic (exact) mass is 431 g/mol. The number of Topliss-reactive ketones (excluding diaryl/α,β-unsaturated/α-hetero) is 1. The number of hydrogen-bond donors (Lipinski definition) is 2. The van der Waals surface area contributed by atoms with Crippen LogP contribution in [-0.4, -0.2) is 60.3 Å². The van der Waals surface area contributed by atoms with E-state index < -0.39 is 17.7 Å². The number of carbonyl (C=O) groups is 2. The van der Waals surface area contributed by atoms with Gasteiger partial charge in [0.05, 0.1) is 38.5 Å². The summed E-state index contributed by atoms with van der Waals surface area (Å²) in [5, 5.41) is 20.3. The fourth-order valence-electron chi connectivity index (χ4n) is 3.42. The third kappa shape index (κ3) is 4.33. The van der Waals surface area contributed by atoms with E-state index in [-0.39, 0.29) is 37.7 Å². The van der Waals surface area contributed by atoms with Crippen LogP contribution < -0.4 is 4.74 Å². The Kier molecular flexibility index (Phi) is 7.10. The van der Waals surface area contributed by atoms with Gasteiger partial charge in [-0.25, -0.2) is 0 Å². The Hall–Kier alpha value is -2.87. The van der Waals surface area contributed by atoms with Crippen LogP contribution in [0.25, 0.3) is 5.76 Å². The first kappa shape index (κ1) is 21.8. The summed E-state index contributed by atoms with van der Waals surface area (Å²) in [7, 11) is 1.49. The average Bonchev–Trinajstić information content (AvgIpc) is 3.01. The Morgan fingerprint density at radius 2 is 1.80 bits per heavy atom. The highest BCUT2D eigenvalue weighted by Gasteiger charge is 2.46. The van der Waals surface area contributed by atoms with E-state index in [1.165, 1.54) is 12.0 Å². The lowest BCUT2D eigenvalue weighted by Crippen LogP contribution is -2.33. The van der Waals surface area contributed by atoms with Crippen molar-refractivity contribution >= 4 is 29.1 Å². The van der Waals surface area contributed by atoms with Gasteiger partial charge in [-0.2, -0.15) is 0 Å². The molecule has 158 valence electrons. The molecule has 0 unspecified atom stereocenters. The molecular formula is C22H22ClNO6. The van der Waals surface area contributed by atoms with Gasteiger partial charge >= 0.3 is 0 Å². The smallest absolute Gasteiger partial charge is 0.295 e. The van der Waals surface area contributed by atoms with Crippen LogP contribution in [0.15, 0.2) is 54.1 Å².